The topological polar surface area (TPSA) is 31.2 Å². The van der Waals surface area contributed by atoms with Gasteiger partial charge in [0, 0.05) is 12.4 Å². The zero-order valence-electron chi connectivity index (χ0n) is 12.4. The summed E-state index contributed by atoms with van der Waals surface area (Å²) in [5.41, 5.74) is 3.83. The summed E-state index contributed by atoms with van der Waals surface area (Å²) in [6.45, 7) is 4.07. The van der Waals surface area contributed by atoms with E-state index in [0.717, 1.165) is 28.5 Å². The number of aryl methyl sites for hydroxylation is 2. The minimum Gasteiger partial charge on any atom is -0.440 e. The van der Waals surface area contributed by atoms with Crippen molar-refractivity contribution in [1.29, 1.82) is 0 Å². The molecule has 0 spiro atoms. The summed E-state index contributed by atoms with van der Waals surface area (Å²) in [7, 11) is 1.91. The molecule has 0 atom stereocenters. The first kappa shape index (κ1) is 13.4. The monoisotopic (exact) mass is 279 g/mol. The number of hydrogen-bond acceptors (Lipinski definition) is 2. The van der Waals surface area contributed by atoms with Crippen molar-refractivity contribution >= 4 is 17.2 Å². The molecule has 0 aliphatic rings. The van der Waals surface area contributed by atoms with Gasteiger partial charge in [-0.2, -0.15) is 0 Å². The van der Waals surface area contributed by atoms with Crippen molar-refractivity contribution in [3.05, 3.63) is 59.2 Å². The number of para-hydroxylation sites is 1. The highest BCUT2D eigenvalue weighted by atomic mass is 16.5. The van der Waals surface area contributed by atoms with Gasteiger partial charge in [-0.05, 0) is 37.1 Å². The Bertz CT molecular complexity index is 831. The van der Waals surface area contributed by atoms with Crippen molar-refractivity contribution in [3.63, 3.8) is 0 Å². The van der Waals surface area contributed by atoms with E-state index in [4.69, 9.17) is 4.74 Å². The molecule has 0 aliphatic heterocycles. The maximum Gasteiger partial charge on any atom is 0.211 e. The molecule has 2 aromatic carbocycles. The van der Waals surface area contributed by atoms with Crippen LogP contribution in [-0.2, 0) is 7.05 Å². The molecule has 0 unspecified atom stereocenters. The van der Waals surface area contributed by atoms with Gasteiger partial charge in [-0.15, -0.1) is 0 Å². The Hall–Kier alpha value is -2.55. The van der Waals surface area contributed by atoms with E-state index < -0.39 is 0 Å². The molecule has 0 fully saturated rings. The first-order chi connectivity index (χ1) is 10.1. The Balaban J connectivity index is 2.19. The summed E-state index contributed by atoms with van der Waals surface area (Å²) in [5, 5.41) is 0.912. The highest BCUT2D eigenvalue weighted by Gasteiger charge is 2.17. The average molecular weight is 279 g/mol. The van der Waals surface area contributed by atoms with Gasteiger partial charge >= 0.3 is 0 Å². The van der Waals surface area contributed by atoms with Crippen LogP contribution in [0.2, 0.25) is 0 Å². The second-order valence-corrected chi connectivity index (χ2v) is 5.21. The molecule has 1 heterocycles. The predicted octanol–water partition coefficient (Wildman–Crippen LogP) is 4.40. The molecule has 3 heteroatoms. The molecule has 0 saturated carbocycles. The molecular formula is C18H17NO2. The number of aldehydes is 1. The van der Waals surface area contributed by atoms with Gasteiger partial charge in [0.2, 0.25) is 5.88 Å². The maximum atomic E-state index is 11.5. The van der Waals surface area contributed by atoms with E-state index in [1.54, 1.807) is 0 Å². The number of aromatic nitrogens is 1. The first-order valence-electron chi connectivity index (χ1n) is 6.90. The number of carbonyl (C=O) groups is 1. The van der Waals surface area contributed by atoms with E-state index in [-0.39, 0.29) is 0 Å². The van der Waals surface area contributed by atoms with Crippen LogP contribution in [0.15, 0.2) is 42.5 Å². The zero-order valence-corrected chi connectivity index (χ0v) is 12.4. The summed E-state index contributed by atoms with van der Waals surface area (Å²) in [4.78, 5) is 11.5. The lowest BCUT2D eigenvalue weighted by Gasteiger charge is -2.12. The lowest BCUT2D eigenvalue weighted by molar-refractivity contribution is 0.112. The Morgan fingerprint density at radius 1 is 1.05 bits per heavy atom. The molecular weight excluding hydrogens is 262 g/mol. The molecule has 0 saturated heterocycles. The lowest BCUT2D eigenvalue weighted by Crippen LogP contribution is -1.97. The van der Waals surface area contributed by atoms with Crippen LogP contribution in [0, 0.1) is 13.8 Å². The molecule has 0 aliphatic carbocycles. The Labute approximate surface area is 123 Å². The van der Waals surface area contributed by atoms with Crippen LogP contribution in [0.1, 0.15) is 21.5 Å². The van der Waals surface area contributed by atoms with Gasteiger partial charge in [0.25, 0.3) is 0 Å². The molecule has 3 rings (SSSR count). The zero-order chi connectivity index (χ0) is 15.0. The lowest BCUT2D eigenvalue weighted by atomic mass is 10.1. The highest BCUT2D eigenvalue weighted by Crippen LogP contribution is 2.34. The minimum atomic E-state index is 0.583. The first-order valence-corrected chi connectivity index (χ1v) is 6.90. The highest BCUT2D eigenvalue weighted by molar-refractivity contribution is 6.00. The maximum absolute atomic E-state index is 11.5. The number of fused-ring (bicyclic) bond motifs is 1. The van der Waals surface area contributed by atoms with Gasteiger partial charge in [-0.1, -0.05) is 30.3 Å². The molecule has 106 valence electrons. The third-order valence-electron chi connectivity index (χ3n) is 3.97. The van der Waals surface area contributed by atoms with Crippen LogP contribution in [0.3, 0.4) is 0 Å². The fourth-order valence-corrected chi connectivity index (χ4v) is 2.58. The largest absolute Gasteiger partial charge is 0.440 e. The number of rotatable bonds is 3. The molecule has 3 aromatic rings. The Kier molecular flexibility index (Phi) is 3.26. The standard InChI is InChI=1S/C18H17NO2/c1-12-7-6-10-17(13(12)2)21-18-15(11-20)14-8-4-5-9-16(14)19(18)3/h4-11H,1-3H3. The van der Waals surface area contributed by atoms with Crippen molar-refractivity contribution in [2.24, 2.45) is 7.05 Å². The number of ether oxygens (including phenoxy) is 1. The summed E-state index contributed by atoms with van der Waals surface area (Å²) in [5.74, 6) is 1.36. The summed E-state index contributed by atoms with van der Waals surface area (Å²) in [6, 6.07) is 13.7. The van der Waals surface area contributed by atoms with E-state index in [9.17, 15) is 4.79 Å². The van der Waals surface area contributed by atoms with E-state index in [1.165, 1.54) is 5.56 Å². The van der Waals surface area contributed by atoms with Crippen LogP contribution in [-0.4, -0.2) is 10.9 Å². The van der Waals surface area contributed by atoms with Gasteiger partial charge in [0.15, 0.2) is 6.29 Å². The van der Waals surface area contributed by atoms with Gasteiger partial charge in [0.05, 0.1) is 11.1 Å². The second kappa shape index (κ2) is 5.09. The van der Waals surface area contributed by atoms with E-state index in [0.29, 0.717) is 11.4 Å². The predicted molar refractivity (Wildman–Crippen MR) is 84.3 cm³/mol. The van der Waals surface area contributed by atoms with Crippen LogP contribution in [0.5, 0.6) is 11.6 Å². The van der Waals surface area contributed by atoms with Crippen molar-refractivity contribution in [2.75, 3.05) is 0 Å². The number of nitrogens with zero attached hydrogens (tertiary/aromatic N) is 1. The normalized spacial score (nSPS) is 10.8. The SMILES string of the molecule is Cc1cccc(Oc2c(C=O)c3ccccc3n2C)c1C. The molecule has 0 N–H and O–H groups in total. The number of carbonyl (C=O) groups excluding carboxylic acids is 1. The van der Waals surface area contributed by atoms with Crippen molar-refractivity contribution in [3.8, 4) is 11.6 Å². The number of hydrogen-bond donors (Lipinski definition) is 0. The third-order valence-corrected chi connectivity index (χ3v) is 3.97. The third kappa shape index (κ3) is 2.11. The average Bonchev–Trinajstić information content (AvgIpc) is 2.77. The van der Waals surface area contributed by atoms with Crippen molar-refractivity contribution in [1.82, 2.24) is 4.57 Å². The van der Waals surface area contributed by atoms with Gasteiger partial charge in [-0.25, -0.2) is 0 Å². The second-order valence-electron chi connectivity index (χ2n) is 5.21. The summed E-state index contributed by atoms with van der Waals surface area (Å²) >= 11 is 0. The van der Waals surface area contributed by atoms with E-state index in [2.05, 4.69) is 0 Å². The smallest absolute Gasteiger partial charge is 0.211 e. The fourth-order valence-electron chi connectivity index (χ4n) is 2.58. The van der Waals surface area contributed by atoms with Gasteiger partial charge in [-0.3, -0.25) is 4.79 Å². The molecule has 0 radical (unpaired) electrons. The molecule has 0 amide bonds. The van der Waals surface area contributed by atoms with E-state index >= 15 is 0 Å². The molecule has 21 heavy (non-hydrogen) atoms. The fraction of sp³-hybridized carbons (Fsp3) is 0.167. The summed E-state index contributed by atoms with van der Waals surface area (Å²) in [6.07, 6.45) is 0.864. The molecule has 3 nitrogen and oxygen atoms in total. The quantitative estimate of drug-likeness (QED) is 0.665. The molecule has 0 bridgehead atoms. The Morgan fingerprint density at radius 2 is 1.81 bits per heavy atom. The van der Waals surface area contributed by atoms with Crippen LogP contribution < -0.4 is 4.74 Å². The van der Waals surface area contributed by atoms with Gasteiger partial charge < -0.3 is 9.30 Å². The van der Waals surface area contributed by atoms with Gasteiger partial charge in [0.1, 0.15) is 5.75 Å². The summed E-state index contributed by atoms with van der Waals surface area (Å²) < 4.78 is 7.98. The van der Waals surface area contributed by atoms with E-state index in [1.807, 2.05) is 67.9 Å². The van der Waals surface area contributed by atoms with Crippen LogP contribution >= 0.6 is 0 Å². The van der Waals surface area contributed by atoms with Crippen LogP contribution in [0.25, 0.3) is 10.9 Å². The minimum absolute atomic E-state index is 0.583. The van der Waals surface area contributed by atoms with Crippen molar-refractivity contribution < 1.29 is 9.53 Å². The van der Waals surface area contributed by atoms with Crippen LogP contribution in [0.4, 0.5) is 0 Å². The van der Waals surface area contributed by atoms with Crippen molar-refractivity contribution in [2.45, 2.75) is 13.8 Å². The Morgan fingerprint density at radius 3 is 2.57 bits per heavy atom. The number of benzene rings is 2. The molecule has 1 aromatic heterocycles.